The van der Waals surface area contributed by atoms with Gasteiger partial charge < -0.3 is 18.7 Å². The second-order valence-electron chi connectivity index (χ2n) is 7.38. The number of carbonyl (C=O) groups excluding carboxylic acids is 1. The highest BCUT2D eigenvalue weighted by atomic mass is 32.2. The van der Waals surface area contributed by atoms with Gasteiger partial charge in [0.15, 0.2) is 18.1 Å². The summed E-state index contributed by atoms with van der Waals surface area (Å²) in [4.78, 5) is 16.9. The minimum absolute atomic E-state index is 0.0151. The van der Waals surface area contributed by atoms with Crippen LogP contribution in [0.2, 0.25) is 0 Å². The molecule has 3 heterocycles. The number of hydrogen-bond acceptors (Lipinski definition) is 9. The third kappa shape index (κ3) is 4.35. The average Bonchev–Trinajstić information content (AvgIpc) is 3.48. The van der Waals surface area contributed by atoms with Crippen LogP contribution in [0.4, 0.5) is 0 Å². The van der Waals surface area contributed by atoms with E-state index in [0.717, 1.165) is 9.87 Å². The monoisotopic (exact) mass is 482 g/mol. The molecule has 0 atom stereocenters. The molecule has 174 valence electrons. The zero-order chi connectivity index (χ0) is 23.7. The largest absolute Gasteiger partial charge is 0.454 e. The van der Waals surface area contributed by atoms with Gasteiger partial charge in [0.2, 0.25) is 12.6 Å². The summed E-state index contributed by atoms with van der Waals surface area (Å²) < 4.78 is 50.6. The van der Waals surface area contributed by atoms with Crippen molar-refractivity contribution in [1.29, 1.82) is 0 Å². The topological polar surface area (TPSA) is 133 Å². The molecule has 2 aliphatic heterocycles. The number of nitrogens with zero attached hydrogens (tertiary/aromatic N) is 4. The van der Waals surface area contributed by atoms with Gasteiger partial charge in [-0.3, -0.25) is 4.31 Å². The van der Waals surface area contributed by atoms with E-state index >= 15 is 0 Å². The normalized spacial score (nSPS) is 16.1. The van der Waals surface area contributed by atoms with Crippen LogP contribution in [0, 0.1) is 0 Å². The van der Waals surface area contributed by atoms with Gasteiger partial charge in [-0.05, 0) is 30.7 Å². The summed E-state index contributed by atoms with van der Waals surface area (Å²) in [6.45, 7) is 1.30. The zero-order valence-corrected chi connectivity index (χ0v) is 18.7. The van der Waals surface area contributed by atoms with Gasteiger partial charge in [-0.1, -0.05) is 35.5 Å². The standard InChI is InChI=1S/C22H18N4O7S/c1-14-17(11-26(34(28,29)25-14)10-15-5-3-2-4-6-15)22(27)30-12-20-23-21(24-33-20)16-7-8-18-19(9-16)32-13-31-18/h2-9,11H,10,12-13H2,1H3. The van der Waals surface area contributed by atoms with Crippen molar-refractivity contribution in [3.8, 4) is 22.9 Å². The molecule has 11 nitrogen and oxygen atoms in total. The minimum atomic E-state index is -3.96. The second kappa shape index (κ2) is 8.63. The first kappa shape index (κ1) is 21.6. The van der Waals surface area contributed by atoms with Crippen LogP contribution in [0.25, 0.3) is 11.4 Å². The average molecular weight is 482 g/mol. The number of hydrogen-bond donors (Lipinski definition) is 0. The molecule has 0 spiro atoms. The Hall–Kier alpha value is -4.19. The smallest absolute Gasteiger partial charge is 0.344 e. The molecule has 0 radical (unpaired) electrons. The summed E-state index contributed by atoms with van der Waals surface area (Å²) in [6, 6.07) is 14.2. The molecule has 3 aromatic rings. The molecule has 0 amide bonds. The lowest BCUT2D eigenvalue weighted by molar-refractivity contribution is -0.140. The molecule has 34 heavy (non-hydrogen) atoms. The molecule has 0 fully saturated rings. The van der Waals surface area contributed by atoms with Gasteiger partial charge in [0.05, 0.1) is 17.8 Å². The van der Waals surface area contributed by atoms with E-state index in [9.17, 15) is 13.2 Å². The van der Waals surface area contributed by atoms with Crippen LogP contribution in [-0.2, 0) is 32.9 Å². The highest BCUT2D eigenvalue weighted by Crippen LogP contribution is 2.35. The lowest BCUT2D eigenvalue weighted by atomic mass is 10.2. The van der Waals surface area contributed by atoms with Crippen LogP contribution < -0.4 is 9.47 Å². The molecular weight excluding hydrogens is 464 g/mol. The van der Waals surface area contributed by atoms with Crippen molar-refractivity contribution in [2.24, 2.45) is 4.40 Å². The van der Waals surface area contributed by atoms with E-state index in [-0.39, 0.29) is 37.1 Å². The van der Waals surface area contributed by atoms with Crippen molar-refractivity contribution >= 4 is 21.9 Å². The molecule has 2 aliphatic rings. The number of aromatic nitrogens is 2. The maximum Gasteiger partial charge on any atom is 0.344 e. The predicted molar refractivity (Wildman–Crippen MR) is 118 cm³/mol. The number of rotatable bonds is 6. The van der Waals surface area contributed by atoms with Crippen molar-refractivity contribution < 1.29 is 31.9 Å². The summed E-state index contributed by atoms with van der Waals surface area (Å²) >= 11 is 0. The van der Waals surface area contributed by atoms with Crippen LogP contribution in [-0.4, -0.2) is 41.3 Å². The fourth-order valence-electron chi connectivity index (χ4n) is 3.34. The van der Waals surface area contributed by atoms with Gasteiger partial charge in [-0.25, -0.2) is 4.79 Å². The molecule has 0 aliphatic carbocycles. The Balaban J connectivity index is 1.28. The molecule has 5 rings (SSSR count). The second-order valence-corrected chi connectivity index (χ2v) is 8.93. The Morgan fingerprint density at radius 3 is 2.74 bits per heavy atom. The van der Waals surface area contributed by atoms with Crippen LogP contribution >= 0.6 is 0 Å². The van der Waals surface area contributed by atoms with Crippen molar-refractivity contribution in [3.05, 3.63) is 71.8 Å². The molecule has 2 aromatic carbocycles. The Bertz CT molecular complexity index is 1410. The summed E-state index contributed by atoms with van der Waals surface area (Å²) in [5.41, 5.74) is 1.43. The first-order valence-corrected chi connectivity index (χ1v) is 11.5. The number of fused-ring (bicyclic) bond motifs is 1. The van der Waals surface area contributed by atoms with Gasteiger partial charge in [0, 0.05) is 11.8 Å². The minimum Gasteiger partial charge on any atom is -0.454 e. The fourth-order valence-corrected chi connectivity index (χ4v) is 4.44. The van der Waals surface area contributed by atoms with Crippen molar-refractivity contribution in [2.45, 2.75) is 20.1 Å². The Labute approximate surface area is 194 Å². The SMILES string of the molecule is CC1=NS(=O)(=O)N(Cc2ccccc2)C=C1C(=O)OCc1nc(-c2ccc3c(c2)OCO3)no1. The Kier molecular flexibility index (Phi) is 5.49. The molecule has 1 aromatic heterocycles. The molecule has 0 saturated heterocycles. The molecule has 12 heteroatoms. The zero-order valence-electron chi connectivity index (χ0n) is 17.9. The van der Waals surface area contributed by atoms with E-state index in [1.807, 2.05) is 6.07 Å². The van der Waals surface area contributed by atoms with Crippen LogP contribution in [0.1, 0.15) is 18.4 Å². The number of esters is 1. The van der Waals surface area contributed by atoms with E-state index in [4.69, 9.17) is 18.7 Å². The molecular formula is C22H18N4O7S. The Morgan fingerprint density at radius 2 is 1.91 bits per heavy atom. The van der Waals surface area contributed by atoms with Gasteiger partial charge in [-0.15, -0.1) is 4.40 Å². The molecule has 0 unspecified atom stereocenters. The van der Waals surface area contributed by atoms with Crippen LogP contribution in [0.5, 0.6) is 11.5 Å². The van der Waals surface area contributed by atoms with E-state index in [2.05, 4.69) is 14.5 Å². The highest BCUT2D eigenvalue weighted by molar-refractivity contribution is 7.88. The number of carbonyl (C=O) groups is 1. The van der Waals surface area contributed by atoms with Crippen molar-refractivity contribution in [2.75, 3.05) is 6.79 Å². The molecule has 0 N–H and O–H groups in total. The summed E-state index contributed by atoms with van der Waals surface area (Å²) in [7, 11) is -3.96. The van der Waals surface area contributed by atoms with Crippen molar-refractivity contribution in [1.82, 2.24) is 14.4 Å². The lowest BCUT2D eigenvalue weighted by Crippen LogP contribution is -2.31. The van der Waals surface area contributed by atoms with Crippen molar-refractivity contribution in [3.63, 3.8) is 0 Å². The maximum atomic E-state index is 12.7. The van der Waals surface area contributed by atoms with Gasteiger partial charge >= 0.3 is 16.2 Å². The summed E-state index contributed by atoms with van der Waals surface area (Å²) in [5.74, 6) is 0.795. The van der Waals surface area contributed by atoms with Gasteiger partial charge in [0.1, 0.15) is 0 Å². The van der Waals surface area contributed by atoms with Crippen LogP contribution in [0.3, 0.4) is 0 Å². The number of benzene rings is 2. The Morgan fingerprint density at radius 1 is 1.12 bits per heavy atom. The third-order valence-corrected chi connectivity index (χ3v) is 6.37. The first-order chi connectivity index (χ1) is 16.4. The quantitative estimate of drug-likeness (QED) is 0.486. The lowest BCUT2D eigenvalue weighted by Gasteiger charge is -2.23. The van der Waals surface area contributed by atoms with Crippen LogP contribution in [0.15, 0.2) is 69.2 Å². The summed E-state index contributed by atoms with van der Waals surface area (Å²) in [5, 5.41) is 3.90. The molecule has 0 bridgehead atoms. The summed E-state index contributed by atoms with van der Waals surface area (Å²) in [6.07, 6.45) is 1.22. The van der Waals surface area contributed by atoms with Gasteiger partial charge in [-0.2, -0.15) is 13.4 Å². The molecule has 0 saturated carbocycles. The number of ether oxygens (including phenoxy) is 3. The fraction of sp³-hybridized carbons (Fsp3) is 0.182. The maximum absolute atomic E-state index is 12.7. The van der Waals surface area contributed by atoms with E-state index < -0.39 is 16.2 Å². The van der Waals surface area contributed by atoms with E-state index in [1.54, 1.807) is 42.5 Å². The van der Waals surface area contributed by atoms with E-state index in [1.165, 1.54) is 13.1 Å². The van der Waals surface area contributed by atoms with Gasteiger partial charge in [0.25, 0.3) is 5.89 Å². The first-order valence-electron chi connectivity index (χ1n) is 10.1. The highest BCUT2D eigenvalue weighted by Gasteiger charge is 2.29. The van der Waals surface area contributed by atoms with E-state index in [0.29, 0.717) is 22.9 Å². The predicted octanol–water partition coefficient (Wildman–Crippen LogP) is 2.61. The third-order valence-electron chi connectivity index (χ3n) is 5.04.